The predicted molar refractivity (Wildman–Crippen MR) is 77.8 cm³/mol. The lowest BCUT2D eigenvalue weighted by Gasteiger charge is -2.18. The van der Waals surface area contributed by atoms with Crippen LogP contribution in [0.3, 0.4) is 0 Å². The molecular weight excluding hydrogens is 325 g/mol. The Hall–Kier alpha value is -0.990. The van der Waals surface area contributed by atoms with E-state index in [1.54, 1.807) is 5.56 Å². The summed E-state index contributed by atoms with van der Waals surface area (Å²) in [5.41, 5.74) is -2.69. The third-order valence-corrected chi connectivity index (χ3v) is 4.99. The van der Waals surface area contributed by atoms with Crippen LogP contribution in [0.1, 0.15) is 22.8 Å². The average molecular weight is 340 g/mol. The van der Waals surface area contributed by atoms with Crippen molar-refractivity contribution in [1.82, 2.24) is 0 Å². The van der Waals surface area contributed by atoms with Crippen LogP contribution in [0, 0.1) is 0 Å². The van der Waals surface area contributed by atoms with E-state index >= 15 is 0 Å². The van der Waals surface area contributed by atoms with E-state index in [-0.39, 0.29) is 0 Å². The normalized spacial score (nSPS) is 18.0. The van der Waals surface area contributed by atoms with Crippen molar-refractivity contribution in [2.45, 2.75) is 17.2 Å². The Morgan fingerprint density at radius 1 is 1.24 bits per heavy atom. The Labute approximate surface area is 125 Å². The highest BCUT2D eigenvalue weighted by molar-refractivity contribution is 7.95. The van der Waals surface area contributed by atoms with Crippen LogP contribution in [0.5, 0.6) is 0 Å². The van der Waals surface area contributed by atoms with Crippen molar-refractivity contribution in [1.29, 1.82) is 0 Å². The summed E-state index contributed by atoms with van der Waals surface area (Å²) in [6.07, 6.45) is 10.4. The minimum absolute atomic E-state index is 0.485. The highest BCUT2D eigenvalue weighted by Crippen LogP contribution is 2.33. The van der Waals surface area contributed by atoms with Gasteiger partial charge in [-0.15, -0.1) is 0 Å². The minimum atomic E-state index is -6.09. The van der Waals surface area contributed by atoms with Gasteiger partial charge < -0.3 is 4.55 Å². The number of halogens is 3. The molecule has 1 aromatic carbocycles. The molecule has 0 heterocycles. The van der Waals surface area contributed by atoms with Crippen molar-refractivity contribution in [2.75, 3.05) is 12.5 Å². The Morgan fingerprint density at radius 3 is 2.24 bits per heavy atom. The van der Waals surface area contributed by atoms with Gasteiger partial charge in [0, 0.05) is 12.0 Å². The molecule has 0 saturated carbocycles. The second-order valence-electron chi connectivity index (χ2n) is 4.54. The van der Waals surface area contributed by atoms with Gasteiger partial charge in [0.15, 0.2) is 10.1 Å². The first-order valence-electron chi connectivity index (χ1n) is 5.88. The molecule has 0 radical (unpaired) electrons. The molecule has 0 aromatic heterocycles. The summed E-state index contributed by atoms with van der Waals surface area (Å²) in [5, 5.41) is 0.751. The first-order chi connectivity index (χ1) is 9.54. The van der Waals surface area contributed by atoms with E-state index in [1.807, 2.05) is 0 Å². The molecule has 21 heavy (non-hydrogen) atoms. The fourth-order valence-corrected chi connectivity index (χ4v) is 3.07. The fourth-order valence-electron chi connectivity index (χ4n) is 1.85. The molecule has 0 spiro atoms. The van der Waals surface area contributed by atoms with Crippen molar-refractivity contribution >= 4 is 27.1 Å². The van der Waals surface area contributed by atoms with Crippen molar-refractivity contribution in [3.8, 4) is 0 Å². The number of hydrogen-bond donors (Lipinski definition) is 0. The second kappa shape index (κ2) is 6.85. The van der Waals surface area contributed by atoms with Gasteiger partial charge in [-0.05, 0) is 16.5 Å². The monoisotopic (exact) mass is 340 g/mol. The smallest absolute Gasteiger partial charge is 0.485 e. The summed E-state index contributed by atoms with van der Waals surface area (Å²) in [5.74, 6) is 0. The van der Waals surface area contributed by atoms with Crippen molar-refractivity contribution < 1.29 is 26.1 Å². The topological polar surface area (TPSA) is 57.2 Å². The molecule has 0 bridgehead atoms. The van der Waals surface area contributed by atoms with E-state index in [0.717, 1.165) is 5.25 Å². The third kappa shape index (κ3) is 5.05. The number of benzene rings is 1. The molecule has 1 aromatic rings. The van der Waals surface area contributed by atoms with Gasteiger partial charge in [0.25, 0.3) is 0 Å². The number of alkyl halides is 3. The number of hydrogen-bond acceptors (Lipinski definition) is 3. The SMILES string of the molecule is C[S+](C)C1CC=Cc2ccccc21.O=S(=O)([O-])C(F)(F)F. The van der Waals surface area contributed by atoms with Gasteiger partial charge in [0.1, 0.15) is 5.25 Å². The van der Waals surface area contributed by atoms with Gasteiger partial charge in [-0.1, -0.05) is 36.4 Å². The van der Waals surface area contributed by atoms with Crippen LogP contribution in [0.4, 0.5) is 13.2 Å². The van der Waals surface area contributed by atoms with Crippen LogP contribution < -0.4 is 0 Å². The summed E-state index contributed by atoms with van der Waals surface area (Å²) in [4.78, 5) is 0. The van der Waals surface area contributed by atoms with Crippen molar-refractivity contribution in [2.24, 2.45) is 0 Å². The minimum Gasteiger partial charge on any atom is -0.741 e. The summed E-state index contributed by atoms with van der Waals surface area (Å²) >= 11 is 0. The molecular formula is C13H15F3O3S2. The van der Waals surface area contributed by atoms with Crippen molar-refractivity contribution in [3.63, 3.8) is 0 Å². The van der Waals surface area contributed by atoms with Gasteiger partial charge in [-0.25, -0.2) is 8.42 Å². The van der Waals surface area contributed by atoms with Crippen LogP contribution >= 0.6 is 0 Å². The summed E-state index contributed by atoms with van der Waals surface area (Å²) in [6, 6.07) is 8.76. The van der Waals surface area contributed by atoms with Gasteiger partial charge >= 0.3 is 5.51 Å². The zero-order chi connectivity index (χ0) is 16.3. The maximum Gasteiger partial charge on any atom is 0.485 e. The van der Waals surface area contributed by atoms with Crippen LogP contribution in [-0.2, 0) is 21.0 Å². The predicted octanol–water partition coefficient (Wildman–Crippen LogP) is 3.07. The molecule has 118 valence electrons. The Bertz CT molecular complexity index is 607. The van der Waals surface area contributed by atoms with Crippen LogP contribution in [-0.4, -0.2) is 31.0 Å². The second-order valence-corrected chi connectivity index (χ2v) is 8.23. The number of fused-ring (bicyclic) bond motifs is 1. The molecule has 0 fully saturated rings. The lowest BCUT2D eigenvalue weighted by molar-refractivity contribution is -0.0517. The molecule has 3 nitrogen and oxygen atoms in total. The van der Waals surface area contributed by atoms with Crippen LogP contribution in [0.15, 0.2) is 30.3 Å². The molecule has 0 N–H and O–H groups in total. The van der Waals surface area contributed by atoms with Crippen LogP contribution in [0.25, 0.3) is 6.08 Å². The van der Waals surface area contributed by atoms with Gasteiger partial charge in [0.2, 0.25) is 0 Å². The molecule has 1 aliphatic carbocycles. The third-order valence-electron chi connectivity index (χ3n) is 2.84. The number of allylic oxidation sites excluding steroid dienone is 1. The Morgan fingerprint density at radius 2 is 1.76 bits per heavy atom. The van der Waals surface area contributed by atoms with Gasteiger partial charge in [0.05, 0.1) is 12.5 Å². The number of rotatable bonds is 1. The maximum atomic E-state index is 10.7. The highest BCUT2D eigenvalue weighted by Gasteiger charge is 2.36. The molecule has 1 unspecified atom stereocenters. The zero-order valence-corrected chi connectivity index (χ0v) is 13.1. The molecule has 0 amide bonds. The van der Waals surface area contributed by atoms with E-state index in [2.05, 4.69) is 48.9 Å². The molecule has 1 atom stereocenters. The average Bonchev–Trinajstić information content (AvgIpc) is 2.36. The summed E-state index contributed by atoms with van der Waals surface area (Å²) < 4.78 is 58.9. The standard InChI is InChI=1S/C12H15S.CHF3O3S/c1-13(2)12-9-5-7-10-6-3-4-8-11(10)12;2-1(3,4)8(5,6)7/h3-8,12H,9H2,1-2H3;(H,5,6,7)/q+1;/p-1. The maximum absolute atomic E-state index is 10.7. The van der Waals surface area contributed by atoms with E-state index in [9.17, 15) is 13.2 Å². The largest absolute Gasteiger partial charge is 0.741 e. The molecule has 0 aliphatic heterocycles. The molecule has 2 rings (SSSR count). The molecule has 8 heteroatoms. The van der Waals surface area contributed by atoms with E-state index in [0.29, 0.717) is 10.9 Å². The summed E-state index contributed by atoms with van der Waals surface area (Å²) in [6.45, 7) is 0. The fraction of sp³-hybridized carbons (Fsp3) is 0.385. The first-order valence-corrected chi connectivity index (χ1v) is 9.39. The Balaban J connectivity index is 0.000000240. The van der Waals surface area contributed by atoms with Crippen LogP contribution in [0.2, 0.25) is 0 Å². The lowest BCUT2D eigenvalue weighted by atomic mass is 9.97. The van der Waals surface area contributed by atoms with Gasteiger partial charge in [-0.2, -0.15) is 13.2 Å². The van der Waals surface area contributed by atoms with E-state index < -0.39 is 15.6 Å². The molecule has 0 saturated heterocycles. The summed E-state index contributed by atoms with van der Waals surface area (Å²) in [7, 11) is -5.60. The van der Waals surface area contributed by atoms with Crippen molar-refractivity contribution in [3.05, 3.63) is 41.5 Å². The quantitative estimate of drug-likeness (QED) is 0.448. The zero-order valence-electron chi connectivity index (χ0n) is 11.4. The van der Waals surface area contributed by atoms with Gasteiger partial charge in [-0.3, -0.25) is 0 Å². The lowest BCUT2D eigenvalue weighted by Crippen LogP contribution is -2.21. The molecule has 1 aliphatic rings. The highest BCUT2D eigenvalue weighted by atomic mass is 32.2. The Kier molecular flexibility index (Phi) is 5.89. The van der Waals surface area contributed by atoms with E-state index in [4.69, 9.17) is 13.0 Å². The first kappa shape index (κ1) is 18.1. The van der Waals surface area contributed by atoms with E-state index in [1.165, 1.54) is 12.0 Å².